The Hall–Kier alpha value is -5.66. The van der Waals surface area contributed by atoms with E-state index < -0.39 is 0 Å². The van der Waals surface area contributed by atoms with Crippen LogP contribution in [0.25, 0.3) is 83.3 Å². The predicted octanol–water partition coefficient (Wildman–Crippen LogP) is 13.0. The van der Waals surface area contributed by atoms with Gasteiger partial charge in [0.15, 0.2) is 0 Å². The molecule has 48 heavy (non-hydrogen) atoms. The highest BCUT2D eigenvalue weighted by atomic mass is 16.3. The maximum absolute atomic E-state index is 6.74. The Kier molecular flexibility index (Phi) is 5.82. The van der Waals surface area contributed by atoms with E-state index >= 15 is 0 Å². The molecule has 1 nitrogen and oxygen atoms in total. The molecule has 0 N–H and O–H groups in total. The Morgan fingerprint density at radius 3 is 2.10 bits per heavy atom. The van der Waals surface area contributed by atoms with Gasteiger partial charge in [0, 0.05) is 21.9 Å². The number of fused-ring (bicyclic) bond motifs is 8. The van der Waals surface area contributed by atoms with Crippen LogP contribution in [-0.4, -0.2) is 0 Å². The predicted molar refractivity (Wildman–Crippen MR) is 202 cm³/mol. The van der Waals surface area contributed by atoms with Gasteiger partial charge >= 0.3 is 0 Å². The van der Waals surface area contributed by atoms with Crippen LogP contribution in [0.15, 0.2) is 144 Å². The summed E-state index contributed by atoms with van der Waals surface area (Å²) in [6.45, 7) is 4.64. The van der Waals surface area contributed by atoms with Crippen LogP contribution in [0.1, 0.15) is 42.5 Å². The molecule has 0 saturated heterocycles. The molecule has 1 heterocycles. The second-order valence-corrected chi connectivity index (χ2v) is 14.0. The third-order valence-electron chi connectivity index (χ3n) is 10.9. The number of rotatable bonds is 3. The molecule has 8 aromatic rings. The standard InChI is InChI=1S/C47H34O/c1-47(2)41-18-10-9-17-39(41)46-45(47)40-26-25-34(28-42(40)48-46)44-37-15-7-5-13-35(37)43(36-14-6-8-16-38(36)44)31-22-19-30(20-23-31)33-24-21-29-11-3-4-12-32(29)27-33/h3-5,7-13,15-28H,6,14H2,1-2H3. The van der Waals surface area contributed by atoms with Gasteiger partial charge in [0.2, 0.25) is 0 Å². The quantitative estimate of drug-likeness (QED) is 0.193. The first kappa shape index (κ1) is 27.5. The maximum Gasteiger partial charge on any atom is 0.139 e. The zero-order valence-corrected chi connectivity index (χ0v) is 27.2. The van der Waals surface area contributed by atoms with Crippen LogP contribution >= 0.6 is 0 Å². The van der Waals surface area contributed by atoms with Crippen molar-refractivity contribution in [2.45, 2.75) is 32.1 Å². The van der Waals surface area contributed by atoms with Crippen LogP contribution in [0.3, 0.4) is 0 Å². The topological polar surface area (TPSA) is 13.1 Å². The summed E-state index contributed by atoms with van der Waals surface area (Å²) in [7, 11) is 0. The maximum atomic E-state index is 6.74. The first-order valence-electron chi connectivity index (χ1n) is 17.1. The average molecular weight is 615 g/mol. The molecular formula is C47H34O. The van der Waals surface area contributed by atoms with E-state index in [9.17, 15) is 0 Å². The molecule has 0 saturated carbocycles. The van der Waals surface area contributed by atoms with Crippen molar-refractivity contribution in [1.82, 2.24) is 0 Å². The summed E-state index contributed by atoms with van der Waals surface area (Å²) < 4.78 is 6.74. The fourth-order valence-corrected chi connectivity index (χ4v) is 8.65. The molecule has 1 aromatic heterocycles. The van der Waals surface area contributed by atoms with E-state index in [0.29, 0.717) is 0 Å². The van der Waals surface area contributed by atoms with Crippen molar-refractivity contribution in [2.24, 2.45) is 0 Å². The van der Waals surface area contributed by atoms with Gasteiger partial charge in [0.05, 0.1) is 0 Å². The normalized spacial score (nSPS) is 14.4. The van der Waals surface area contributed by atoms with E-state index in [0.717, 1.165) is 24.2 Å². The smallest absolute Gasteiger partial charge is 0.139 e. The molecule has 0 amide bonds. The molecule has 7 aromatic carbocycles. The molecule has 0 unspecified atom stereocenters. The van der Waals surface area contributed by atoms with Crippen molar-refractivity contribution >= 4 is 38.6 Å². The second kappa shape index (κ2) is 10.2. The molecule has 0 atom stereocenters. The number of benzene rings is 7. The zero-order chi connectivity index (χ0) is 32.0. The Labute approximate surface area is 280 Å². The SMILES string of the molecule is CC1(C)c2ccccc2-c2oc3cc(-c4c5c(c(-c6ccc(-c7ccc8ccccc8c7)cc6)c6ccccc46)CCC=C5)ccc3c21. The van der Waals surface area contributed by atoms with Gasteiger partial charge in [-0.05, 0) is 96.6 Å². The van der Waals surface area contributed by atoms with Crippen LogP contribution in [-0.2, 0) is 11.8 Å². The fraction of sp³-hybridized carbons (Fsp3) is 0.106. The van der Waals surface area contributed by atoms with Crippen LogP contribution in [0.2, 0.25) is 0 Å². The van der Waals surface area contributed by atoms with E-state index in [1.807, 2.05) is 0 Å². The molecule has 2 aliphatic rings. The Bertz CT molecular complexity index is 2630. The van der Waals surface area contributed by atoms with Crippen LogP contribution in [0.5, 0.6) is 0 Å². The van der Waals surface area contributed by atoms with E-state index in [-0.39, 0.29) is 5.41 Å². The summed E-state index contributed by atoms with van der Waals surface area (Å²) in [4.78, 5) is 0. The van der Waals surface area contributed by atoms with Crippen LogP contribution < -0.4 is 0 Å². The lowest BCUT2D eigenvalue weighted by Gasteiger charge is -2.24. The number of hydrogen-bond donors (Lipinski definition) is 0. The van der Waals surface area contributed by atoms with Gasteiger partial charge in [-0.2, -0.15) is 0 Å². The molecule has 0 aliphatic heterocycles. The lowest BCUT2D eigenvalue weighted by atomic mass is 9.79. The highest BCUT2D eigenvalue weighted by molar-refractivity contribution is 6.11. The first-order chi connectivity index (χ1) is 23.6. The molecule has 1 heteroatoms. The van der Waals surface area contributed by atoms with Crippen LogP contribution in [0.4, 0.5) is 0 Å². The summed E-state index contributed by atoms with van der Waals surface area (Å²) in [5, 5.41) is 6.34. The first-order valence-corrected chi connectivity index (χ1v) is 17.1. The second-order valence-electron chi connectivity index (χ2n) is 14.0. The number of furan rings is 1. The summed E-state index contributed by atoms with van der Waals surface area (Å²) in [5.74, 6) is 1.03. The van der Waals surface area contributed by atoms with E-state index in [1.165, 1.54) is 88.1 Å². The third kappa shape index (κ3) is 3.91. The lowest BCUT2D eigenvalue weighted by Crippen LogP contribution is -2.14. The van der Waals surface area contributed by atoms with Crippen LogP contribution in [0, 0.1) is 0 Å². The molecule has 228 valence electrons. The van der Waals surface area contributed by atoms with Crippen molar-refractivity contribution in [3.8, 4) is 44.7 Å². The monoisotopic (exact) mass is 614 g/mol. The molecule has 0 spiro atoms. The van der Waals surface area contributed by atoms with Gasteiger partial charge in [-0.3, -0.25) is 0 Å². The minimum absolute atomic E-state index is 0.0984. The number of hydrogen-bond acceptors (Lipinski definition) is 1. The molecule has 0 bridgehead atoms. The molecule has 0 radical (unpaired) electrons. The van der Waals surface area contributed by atoms with Crippen molar-refractivity contribution < 1.29 is 4.42 Å². The van der Waals surface area contributed by atoms with Gasteiger partial charge in [0.1, 0.15) is 11.3 Å². The van der Waals surface area contributed by atoms with Gasteiger partial charge in [0.25, 0.3) is 0 Å². The molecular weight excluding hydrogens is 581 g/mol. The minimum Gasteiger partial charge on any atom is -0.456 e. The third-order valence-corrected chi connectivity index (χ3v) is 10.9. The Morgan fingerprint density at radius 1 is 0.562 bits per heavy atom. The summed E-state index contributed by atoms with van der Waals surface area (Å²) in [5.41, 5.74) is 15.1. The highest BCUT2D eigenvalue weighted by Crippen LogP contribution is 2.53. The van der Waals surface area contributed by atoms with Crippen molar-refractivity contribution in [3.05, 3.63) is 162 Å². The van der Waals surface area contributed by atoms with Gasteiger partial charge in [-0.25, -0.2) is 0 Å². The van der Waals surface area contributed by atoms with Crippen molar-refractivity contribution in [1.29, 1.82) is 0 Å². The molecule has 0 fully saturated rings. The highest BCUT2D eigenvalue weighted by Gasteiger charge is 2.40. The summed E-state index contributed by atoms with van der Waals surface area (Å²) in [6.07, 6.45) is 6.77. The average Bonchev–Trinajstić information content (AvgIpc) is 3.63. The fourth-order valence-electron chi connectivity index (χ4n) is 8.65. The van der Waals surface area contributed by atoms with Gasteiger partial charge in [-0.1, -0.05) is 147 Å². The number of allylic oxidation sites excluding steroid dienone is 1. The zero-order valence-electron chi connectivity index (χ0n) is 27.2. The Morgan fingerprint density at radius 2 is 1.25 bits per heavy atom. The lowest BCUT2D eigenvalue weighted by molar-refractivity contribution is 0.619. The molecule has 2 aliphatic carbocycles. The van der Waals surface area contributed by atoms with Gasteiger partial charge < -0.3 is 4.42 Å². The van der Waals surface area contributed by atoms with E-state index in [1.54, 1.807) is 0 Å². The van der Waals surface area contributed by atoms with E-state index in [2.05, 4.69) is 159 Å². The van der Waals surface area contributed by atoms with E-state index in [4.69, 9.17) is 4.42 Å². The summed E-state index contributed by atoms with van der Waals surface area (Å²) in [6, 6.07) is 49.1. The minimum atomic E-state index is -0.0984. The van der Waals surface area contributed by atoms with Crippen molar-refractivity contribution in [2.75, 3.05) is 0 Å². The Balaban J connectivity index is 1.14. The summed E-state index contributed by atoms with van der Waals surface area (Å²) >= 11 is 0. The van der Waals surface area contributed by atoms with Gasteiger partial charge in [-0.15, -0.1) is 0 Å². The molecule has 10 rings (SSSR count). The largest absolute Gasteiger partial charge is 0.456 e. The van der Waals surface area contributed by atoms with Crippen molar-refractivity contribution in [3.63, 3.8) is 0 Å².